The van der Waals surface area contributed by atoms with Gasteiger partial charge in [-0.25, -0.2) is 0 Å². The van der Waals surface area contributed by atoms with Gasteiger partial charge in [0, 0.05) is 18.0 Å². The Bertz CT molecular complexity index is 668. The number of aryl methyl sites for hydroxylation is 1. The van der Waals surface area contributed by atoms with Crippen LogP contribution in [0.3, 0.4) is 0 Å². The SMILES string of the molecule is Cc1ccc(C(=O)C2CCN(Cc3ccc(CO)cc3)CC2)cc1. The molecule has 0 aliphatic carbocycles. The molecule has 0 bridgehead atoms. The fraction of sp³-hybridized carbons (Fsp3) is 0.381. The van der Waals surface area contributed by atoms with E-state index >= 15 is 0 Å². The standard InChI is InChI=1S/C21H25NO2/c1-16-2-8-19(9-3-16)21(24)20-10-12-22(13-11-20)14-17-4-6-18(15-23)7-5-17/h2-9,20,23H,10-15H2,1H3. The lowest BCUT2D eigenvalue weighted by molar-refractivity contribution is 0.0835. The Morgan fingerprint density at radius 3 is 2.17 bits per heavy atom. The minimum Gasteiger partial charge on any atom is -0.392 e. The predicted molar refractivity (Wildman–Crippen MR) is 95.9 cm³/mol. The highest BCUT2D eigenvalue weighted by Crippen LogP contribution is 2.23. The molecule has 3 rings (SSSR count). The van der Waals surface area contributed by atoms with Gasteiger partial charge in [0.2, 0.25) is 0 Å². The molecule has 0 radical (unpaired) electrons. The number of aliphatic hydroxyl groups is 1. The van der Waals surface area contributed by atoms with E-state index in [1.807, 2.05) is 43.3 Å². The number of hydrogen-bond donors (Lipinski definition) is 1. The van der Waals surface area contributed by atoms with Crippen molar-refractivity contribution in [1.29, 1.82) is 0 Å². The Balaban J connectivity index is 1.53. The van der Waals surface area contributed by atoms with E-state index in [1.165, 1.54) is 11.1 Å². The summed E-state index contributed by atoms with van der Waals surface area (Å²) >= 11 is 0. The second-order valence-corrected chi connectivity index (χ2v) is 6.76. The van der Waals surface area contributed by atoms with E-state index in [1.54, 1.807) is 0 Å². The Kier molecular flexibility index (Phi) is 5.44. The zero-order valence-corrected chi connectivity index (χ0v) is 14.2. The summed E-state index contributed by atoms with van der Waals surface area (Å²) in [5.74, 6) is 0.447. The molecule has 1 aliphatic rings. The number of rotatable bonds is 5. The molecule has 0 saturated carbocycles. The third kappa shape index (κ3) is 4.11. The van der Waals surface area contributed by atoms with Gasteiger partial charge in [-0.2, -0.15) is 0 Å². The summed E-state index contributed by atoms with van der Waals surface area (Å²) in [6.45, 7) is 4.97. The van der Waals surface area contributed by atoms with E-state index in [4.69, 9.17) is 5.11 Å². The fourth-order valence-corrected chi connectivity index (χ4v) is 3.32. The Labute approximate surface area is 143 Å². The highest BCUT2D eigenvalue weighted by Gasteiger charge is 2.25. The summed E-state index contributed by atoms with van der Waals surface area (Å²) in [5, 5.41) is 9.10. The van der Waals surface area contributed by atoms with Crippen molar-refractivity contribution >= 4 is 5.78 Å². The molecular weight excluding hydrogens is 298 g/mol. The number of aliphatic hydroxyl groups excluding tert-OH is 1. The first kappa shape index (κ1) is 16.9. The second kappa shape index (κ2) is 7.73. The molecule has 0 unspecified atom stereocenters. The smallest absolute Gasteiger partial charge is 0.166 e. The lowest BCUT2D eigenvalue weighted by Gasteiger charge is -2.31. The average molecular weight is 323 g/mol. The number of hydrogen-bond acceptors (Lipinski definition) is 3. The normalized spacial score (nSPS) is 16.2. The van der Waals surface area contributed by atoms with Gasteiger partial charge in [0.1, 0.15) is 0 Å². The zero-order chi connectivity index (χ0) is 16.9. The topological polar surface area (TPSA) is 40.5 Å². The van der Waals surface area contributed by atoms with Crippen molar-refractivity contribution < 1.29 is 9.90 Å². The summed E-state index contributed by atoms with van der Waals surface area (Å²) < 4.78 is 0. The van der Waals surface area contributed by atoms with Crippen molar-refractivity contribution in [2.45, 2.75) is 32.9 Å². The van der Waals surface area contributed by atoms with E-state index in [0.717, 1.165) is 43.6 Å². The van der Waals surface area contributed by atoms with Crippen LogP contribution in [0.1, 0.15) is 39.9 Å². The molecule has 1 heterocycles. The first-order chi connectivity index (χ1) is 11.7. The van der Waals surface area contributed by atoms with Crippen LogP contribution >= 0.6 is 0 Å². The molecule has 1 aliphatic heterocycles. The number of nitrogens with zero attached hydrogens (tertiary/aromatic N) is 1. The molecular formula is C21H25NO2. The molecule has 1 saturated heterocycles. The molecule has 126 valence electrons. The first-order valence-corrected chi connectivity index (χ1v) is 8.67. The largest absolute Gasteiger partial charge is 0.392 e. The van der Waals surface area contributed by atoms with Crippen molar-refractivity contribution in [3.05, 3.63) is 70.8 Å². The van der Waals surface area contributed by atoms with Crippen LogP contribution in [0.15, 0.2) is 48.5 Å². The van der Waals surface area contributed by atoms with Crippen molar-refractivity contribution in [2.75, 3.05) is 13.1 Å². The molecule has 2 aromatic rings. The highest BCUT2D eigenvalue weighted by molar-refractivity contribution is 5.97. The number of benzene rings is 2. The number of carbonyl (C=O) groups is 1. The summed E-state index contributed by atoms with van der Waals surface area (Å²) in [6.07, 6.45) is 1.86. The molecule has 3 nitrogen and oxygen atoms in total. The lowest BCUT2D eigenvalue weighted by Crippen LogP contribution is -2.35. The van der Waals surface area contributed by atoms with Gasteiger partial charge in [-0.1, -0.05) is 54.1 Å². The molecule has 2 aromatic carbocycles. The molecule has 1 fully saturated rings. The van der Waals surface area contributed by atoms with E-state index in [0.29, 0.717) is 5.78 Å². The van der Waals surface area contributed by atoms with Crippen LogP contribution in [-0.2, 0) is 13.2 Å². The number of likely N-dealkylation sites (tertiary alicyclic amines) is 1. The molecule has 0 spiro atoms. The summed E-state index contributed by atoms with van der Waals surface area (Å²) in [4.78, 5) is 15.0. The van der Waals surface area contributed by atoms with E-state index in [2.05, 4.69) is 17.0 Å². The Hall–Kier alpha value is -1.97. The van der Waals surface area contributed by atoms with Gasteiger partial charge >= 0.3 is 0 Å². The third-order valence-corrected chi connectivity index (χ3v) is 4.91. The molecule has 1 N–H and O–H groups in total. The minimum atomic E-state index is 0.0901. The molecule has 3 heteroatoms. The van der Waals surface area contributed by atoms with Gasteiger partial charge < -0.3 is 5.11 Å². The van der Waals surface area contributed by atoms with Gasteiger partial charge in [0.25, 0.3) is 0 Å². The highest BCUT2D eigenvalue weighted by atomic mass is 16.3. The molecule has 0 aromatic heterocycles. The van der Waals surface area contributed by atoms with Gasteiger partial charge in [-0.3, -0.25) is 9.69 Å². The number of carbonyl (C=O) groups excluding carboxylic acids is 1. The number of piperidine rings is 1. The van der Waals surface area contributed by atoms with Crippen LogP contribution < -0.4 is 0 Å². The average Bonchev–Trinajstić information content (AvgIpc) is 2.63. The first-order valence-electron chi connectivity index (χ1n) is 8.67. The van der Waals surface area contributed by atoms with Gasteiger partial charge in [0.05, 0.1) is 6.61 Å². The fourth-order valence-electron chi connectivity index (χ4n) is 3.32. The van der Waals surface area contributed by atoms with Crippen LogP contribution in [0.5, 0.6) is 0 Å². The van der Waals surface area contributed by atoms with Crippen LogP contribution in [0.2, 0.25) is 0 Å². The maximum Gasteiger partial charge on any atom is 0.166 e. The third-order valence-electron chi connectivity index (χ3n) is 4.91. The summed E-state index contributed by atoms with van der Waals surface area (Å²) in [6, 6.07) is 16.0. The Morgan fingerprint density at radius 2 is 1.58 bits per heavy atom. The Morgan fingerprint density at radius 1 is 1.00 bits per heavy atom. The van der Waals surface area contributed by atoms with Gasteiger partial charge in [-0.05, 0) is 44.0 Å². The van der Waals surface area contributed by atoms with Crippen molar-refractivity contribution in [3.8, 4) is 0 Å². The van der Waals surface area contributed by atoms with Crippen LogP contribution in [0.25, 0.3) is 0 Å². The summed E-state index contributed by atoms with van der Waals surface area (Å²) in [5.41, 5.74) is 4.24. The number of Topliss-reactive ketones (excluding diaryl/α,β-unsaturated/α-hetero) is 1. The van der Waals surface area contributed by atoms with E-state index < -0.39 is 0 Å². The monoisotopic (exact) mass is 323 g/mol. The van der Waals surface area contributed by atoms with Crippen molar-refractivity contribution in [3.63, 3.8) is 0 Å². The van der Waals surface area contributed by atoms with Crippen LogP contribution in [0.4, 0.5) is 0 Å². The van der Waals surface area contributed by atoms with Gasteiger partial charge in [0.15, 0.2) is 5.78 Å². The maximum atomic E-state index is 12.6. The quantitative estimate of drug-likeness (QED) is 0.855. The molecule has 0 amide bonds. The van der Waals surface area contributed by atoms with E-state index in [-0.39, 0.29) is 12.5 Å². The maximum absolute atomic E-state index is 12.6. The van der Waals surface area contributed by atoms with Crippen LogP contribution in [0, 0.1) is 12.8 Å². The molecule has 0 atom stereocenters. The van der Waals surface area contributed by atoms with Crippen LogP contribution in [-0.4, -0.2) is 28.9 Å². The zero-order valence-electron chi connectivity index (χ0n) is 14.2. The molecule has 24 heavy (non-hydrogen) atoms. The lowest BCUT2D eigenvalue weighted by atomic mass is 9.88. The number of ketones is 1. The van der Waals surface area contributed by atoms with Crippen molar-refractivity contribution in [1.82, 2.24) is 4.90 Å². The van der Waals surface area contributed by atoms with Crippen molar-refractivity contribution in [2.24, 2.45) is 5.92 Å². The van der Waals surface area contributed by atoms with E-state index in [9.17, 15) is 4.79 Å². The second-order valence-electron chi connectivity index (χ2n) is 6.76. The van der Waals surface area contributed by atoms with Gasteiger partial charge in [-0.15, -0.1) is 0 Å². The minimum absolute atomic E-state index is 0.0901. The summed E-state index contributed by atoms with van der Waals surface area (Å²) in [7, 11) is 0. The predicted octanol–water partition coefficient (Wildman–Crippen LogP) is 3.58.